The van der Waals surface area contributed by atoms with Crippen LogP contribution in [0.25, 0.3) is 0 Å². The molecular formula is C13H19N3O. The van der Waals surface area contributed by atoms with Crippen LogP contribution in [0.3, 0.4) is 0 Å². The van der Waals surface area contributed by atoms with Crippen LogP contribution in [0.1, 0.15) is 35.8 Å². The third kappa shape index (κ3) is 2.75. The predicted molar refractivity (Wildman–Crippen MR) is 68.2 cm³/mol. The highest BCUT2D eigenvalue weighted by Crippen LogP contribution is 2.26. The quantitative estimate of drug-likeness (QED) is 0.839. The standard InChI is InChI=1S/C13H19N3O/c1-8-4-11(5-8)16-13(17)10-6-9(2)15-12(7-10)14-3/h6-8,11H,4-5H2,1-3H3,(H,14,15)(H,16,17). The molecule has 0 spiro atoms. The van der Waals surface area contributed by atoms with Crippen LogP contribution in [0.2, 0.25) is 0 Å². The molecule has 17 heavy (non-hydrogen) atoms. The van der Waals surface area contributed by atoms with Crippen molar-refractivity contribution in [2.75, 3.05) is 12.4 Å². The average molecular weight is 233 g/mol. The van der Waals surface area contributed by atoms with Gasteiger partial charge in [-0.2, -0.15) is 0 Å². The number of rotatable bonds is 3. The van der Waals surface area contributed by atoms with Gasteiger partial charge in [0.05, 0.1) is 0 Å². The Morgan fingerprint density at radius 1 is 1.41 bits per heavy atom. The van der Waals surface area contributed by atoms with Crippen LogP contribution < -0.4 is 10.6 Å². The van der Waals surface area contributed by atoms with Crippen molar-refractivity contribution in [3.8, 4) is 0 Å². The molecule has 1 aromatic heterocycles. The fraction of sp³-hybridized carbons (Fsp3) is 0.538. The van der Waals surface area contributed by atoms with Crippen LogP contribution in [-0.4, -0.2) is 24.0 Å². The molecule has 0 bridgehead atoms. The summed E-state index contributed by atoms with van der Waals surface area (Å²) in [4.78, 5) is 16.3. The molecule has 1 heterocycles. The van der Waals surface area contributed by atoms with Crippen molar-refractivity contribution in [1.82, 2.24) is 10.3 Å². The molecule has 0 saturated heterocycles. The van der Waals surface area contributed by atoms with Gasteiger partial charge in [-0.25, -0.2) is 4.98 Å². The molecule has 1 aliphatic rings. The highest BCUT2D eigenvalue weighted by atomic mass is 16.1. The van der Waals surface area contributed by atoms with Crippen LogP contribution in [-0.2, 0) is 0 Å². The number of nitrogens with zero attached hydrogens (tertiary/aromatic N) is 1. The number of aromatic nitrogens is 1. The summed E-state index contributed by atoms with van der Waals surface area (Å²) in [6.07, 6.45) is 2.18. The lowest BCUT2D eigenvalue weighted by molar-refractivity contribution is 0.0896. The van der Waals surface area contributed by atoms with E-state index in [0.29, 0.717) is 11.6 Å². The Morgan fingerprint density at radius 2 is 2.12 bits per heavy atom. The van der Waals surface area contributed by atoms with Crippen LogP contribution >= 0.6 is 0 Å². The minimum atomic E-state index is 0.00361. The Bertz CT molecular complexity index is 425. The Kier molecular flexibility index (Phi) is 3.31. The number of aryl methyl sites for hydroxylation is 1. The number of carbonyl (C=O) groups is 1. The Hall–Kier alpha value is -1.58. The number of pyridine rings is 1. The number of carbonyl (C=O) groups excluding carboxylic acids is 1. The summed E-state index contributed by atoms with van der Waals surface area (Å²) in [5, 5.41) is 6.01. The number of amides is 1. The van der Waals surface area contributed by atoms with Gasteiger partial charge >= 0.3 is 0 Å². The zero-order valence-corrected chi connectivity index (χ0v) is 10.6. The molecule has 2 rings (SSSR count). The molecule has 0 atom stereocenters. The molecule has 1 fully saturated rings. The van der Waals surface area contributed by atoms with E-state index >= 15 is 0 Å². The topological polar surface area (TPSA) is 54.0 Å². The van der Waals surface area contributed by atoms with E-state index in [9.17, 15) is 4.79 Å². The lowest BCUT2D eigenvalue weighted by Gasteiger charge is -2.33. The second-order valence-electron chi connectivity index (χ2n) is 4.88. The summed E-state index contributed by atoms with van der Waals surface area (Å²) in [7, 11) is 1.80. The fourth-order valence-corrected chi connectivity index (χ4v) is 2.22. The highest BCUT2D eigenvalue weighted by molar-refractivity contribution is 5.95. The maximum atomic E-state index is 12.0. The molecule has 4 nitrogen and oxygen atoms in total. The number of hydrogen-bond acceptors (Lipinski definition) is 3. The van der Waals surface area contributed by atoms with E-state index in [4.69, 9.17) is 0 Å². The highest BCUT2D eigenvalue weighted by Gasteiger charge is 2.26. The number of nitrogens with one attached hydrogen (secondary N) is 2. The Balaban J connectivity index is 2.05. The fourth-order valence-electron chi connectivity index (χ4n) is 2.22. The van der Waals surface area contributed by atoms with Crippen molar-refractivity contribution in [2.24, 2.45) is 5.92 Å². The summed E-state index contributed by atoms with van der Waals surface area (Å²) in [5.74, 6) is 1.48. The molecule has 0 aromatic carbocycles. The maximum Gasteiger partial charge on any atom is 0.251 e. The van der Waals surface area contributed by atoms with Gasteiger partial charge in [-0.05, 0) is 37.8 Å². The molecule has 0 aliphatic heterocycles. The van der Waals surface area contributed by atoms with Crippen LogP contribution in [0, 0.1) is 12.8 Å². The average Bonchev–Trinajstić information content (AvgIpc) is 2.26. The van der Waals surface area contributed by atoms with Gasteiger partial charge in [0.2, 0.25) is 0 Å². The molecule has 4 heteroatoms. The monoisotopic (exact) mass is 233 g/mol. The molecule has 0 unspecified atom stereocenters. The normalized spacial score (nSPS) is 22.8. The van der Waals surface area contributed by atoms with E-state index in [-0.39, 0.29) is 5.91 Å². The van der Waals surface area contributed by atoms with E-state index in [1.807, 2.05) is 13.0 Å². The lowest BCUT2D eigenvalue weighted by atomic mass is 9.82. The first-order valence-electron chi connectivity index (χ1n) is 6.06. The molecule has 1 aromatic rings. The van der Waals surface area contributed by atoms with Gasteiger partial charge < -0.3 is 10.6 Å². The first kappa shape index (κ1) is 11.9. The summed E-state index contributed by atoms with van der Waals surface area (Å²) >= 11 is 0. The Labute approximate surface area is 102 Å². The van der Waals surface area contributed by atoms with Crippen molar-refractivity contribution in [3.05, 3.63) is 23.4 Å². The molecule has 1 saturated carbocycles. The first-order chi connectivity index (χ1) is 8.08. The van der Waals surface area contributed by atoms with Gasteiger partial charge in [-0.1, -0.05) is 6.92 Å². The van der Waals surface area contributed by atoms with Crippen molar-refractivity contribution < 1.29 is 4.79 Å². The van der Waals surface area contributed by atoms with Crippen LogP contribution in [0.4, 0.5) is 5.82 Å². The van der Waals surface area contributed by atoms with Gasteiger partial charge in [0.1, 0.15) is 5.82 Å². The van der Waals surface area contributed by atoms with Crippen LogP contribution in [0.5, 0.6) is 0 Å². The molecule has 92 valence electrons. The molecule has 2 N–H and O–H groups in total. The van der Waals surface area contributed by atoms with E-state index < -0.39 is 0 Å². The summed E-state index contributed by atoms with van der Waals surface area (Å²) in [6, 6.07) is 3.95. The van der Waals surface area contributed by atoms with Gasteiger partial charge in [0.15, 0.2) is 0 Å². The van der Waals surface area contributed by atoms with E-state index in [2.05, 4.69) is 22.5 Å². The van der Waals surface area contributed by atoms with Gasteiger partial charge in [-0.15, -0.1) is 0 Å². The van der Waals surface area contributed by atoms with Gasteiger partial charge in [0.25, 0.3) is 5.91 Å². The third-order valence-corrected chi connectivity index (χ3v) is 3.18. The minimum Gasteiger partial charge on any atom is -0.373 e. The second-order valence-corrected chi connectivity index (χ2v) is 4.88. The lowest BCUT2D eigenvalue weighted by Crippen LogP contribution is -2.43. The van der Waals surface area contributed by atoms with Crippen molar-refractivity contribution in [2.45, 2.75) is 32.7 Å². The van der Waals surface area contributed by atoms with Crippen molar-refractivity contribution in [3.63, 3.8) is 0 Å². The summed E-state index contributed by atoms with van der Waals surface area (Å²) in [6.45, 7) is 4.10. The first-order valence-corrected chi connectivity index (χ1v) is 6.06. The summed E-state index contributed by atoms with van der Waals surface area (Å²) in [5.41, 5.74) is 1.53. The smallest absolute Gasteiger partial charge is 0.251 e. The molecule has 1 aliphatic carbocycles. The Morgan fingerprint density at radius 3 is 2.71 bits per heavy atom. The number of anilines is 1. The maximum absolute atomic E-state index is 12.0. The van der Waals surface area contributed by atoms with E-state index in [0.717, 1.165) is 30.3 Å². The van der Waals surface area contributed by atoms with Gasteiger partial charge in [0, 0.05) is 24.3 Å². The molecular weight excluding hydrogens is 214 g/mol. The van der Waals surface area contributed by atoms with Gasteiger partial charge in [-0.3, -0.25) is 4.79 Å². The van der Waals surface area contributed by atoms with E-state index in [1.165, 1.54) is 0 Å². The van der Waals surface area contributed by atoms with Crippen LogP contribution in [0.15, 0.2) is 12.1 Å². The van der Waals surface area contributed by atoms with E-state index in [1.54, 1.807) is 13.1 Å². The zero-order valence-electron chi connectivity index (χ0n) is 10.6. The largest absolute Gasteiger partial charge is 0.373 e. The molecule has 0 radical (unpaired) electrons. The molecule has 1 amide bonds. The minimum absolute atomic E-state index is 0.00361. The predicted octanol–water partition coefficient (Wildman–Crippen LogP) is 1.96. The van der Waals surface area contributed by atoms with Crippen molar-refractivity contribution in [1.29, 1.82) is 0 Å². The number of hydrogen-bond donors (Lipinski definition) is 2. The van der Waals surface area contributed by atoms with Crippen molar-refractivity contribution >= 4 is 11.7 Å². The third-order valence-electron chi connectivity index (χ3n) is 3.18. The SMILES string of the molecule is CNc1cc(C(=O)NC2CC(C)C2)cc(C)n1. The summed E-state index contributed by atoms with van der Waals surface area (Å²) < 4.78 is 0. The second kappa shape index (κ2) is 4.73. The zero-order chi connectivity index (χ0) is 12.4.